The molecule has 4 aliphatic rings. The molecule has 0 bridgehead atoms. The first kappa shape index (κ1) is 21.0. The predicted molar refractivity (Wildman–Crippen MR) is 127 cm³/mol. The van der Waals surface area contributed by atoms with Gasteiger partial charge in [-0.05, 0) is 74.6 Å². The number of rotatable bonds is 3. The lowest BCUT2D eigenvalue weighted by molar-refractivity contribution is 0.116. The molecular formula is C28H44N2. The summed E-state index contributed by atoms with van der Waals surface area (Å²) in [4.78, 5) is 2.83. The van der Waals surface area contributed by atoms with Crippen molar-refractivity contribution < 1.29 is 0 Å². The lowest BCUT2D eigenvalue weighted by Crippen LogP contribution is -2.53. The molecule has 0 aromatic heterocycles. The van der Waals surface area contributed by atoms with E-state index in [-0.39, 0.29) is 0 Å². The normalized spacial score (nSPS) is 29.3. The minimum atomic E-state index is 0.388. The van der Waals surface area contributed by atoms with Crippen LogP contribution in [0, 0.1) is 11.8 Å². The minimum absolute atomic E-state index is 0.388. The molecule has 5 rings (SSSR count). The average molecular weight is 409 g/mol. The van der Waals surface area contributed by atoms with Crippen LogP contribution in [0.25, 0.3) is 0 Å². The Balaban J connectivity index is 1.25. The van der Waals surface area contributed by atoms with Gasteiger partial charge in [-0.15, -0.1) is 0 Å². The second-order valence-electron chi connectivity index (χ2n) is 11.1. The predicted octanol–water partition coefficient (Wildman–Crippen LogP) is 6.61. The summed E-state index contributed by atoms with van der Waals surface area (Å²) in [5.41, 5.74) is 3.76. The quantitative estimate of drug-likeness (QED) is 0.605. The van der Waals surface area contributed by atoms with Crippen LogP contribution < -0.4 is 5.32 Å². The largest absolute Gasteiger partial charge is 0.309 e. The second-order valence-corrected chi connectivity index (χ2v) is 11.1. The van der Waals surface area contributed by atoms with E-state index in [2.05, 4.69) is 34.5 Å². The Labute approximate surface area is 185 Å². The van der Waals surface area contributed by atoms with E-state index in [1.54, 1.807) is 11.1 Å². The third-order valence-electron chi connectivity index (χ3n) is 9.20. The number of nitrogens with one attached hydrogen (secondary N) is 1. The van der Waals surface area contributed by atoms with Crippen LogP contribution in [0.15, 0.2) is 24.3 Å². The topological polar surface area (TPSA) is 15.3 Å². The Bertz CT molecular complexity index is 661. The van der Waals surface area contributed by atoms with Crippen molar-refractivity contribution in [1.82, 2.24) is 10.2 Å². The van der Waals surface area contributed by atoms with Crippen molar-refractivity contribution in [2.75, 3.05) is 26.2 Å². The smallest absolute Gasteiger partial charge is 0.0351 e. The summed E-state index contributed by atoms with van der Waals surface area (Å²) in [5.74, 6) is 1.82. The van der Waals surface area contributed by atoms with Crippen LogP contribution in [0.2, 0.25) is 0 Å². The van der Waals surface area contributed by atoms with Crippen molar-refractivity contribution in [2.24, 2.45) is 11.8 Å². The number of fused-ring (bicyclic) bond motifs is 2. The summed E-state index contributed by atoms with van der Waals surface area (Å²) in [6.45, 7) is 5.19. The molecule has 1 N–H and O–H groups in total. The van der Waals surface area contributed by atoms with Gasteiger partial charge in [0.25, 0.3) is 0 Å². The van der Waals surface area contributed by atoms with E-state index in [4.69, 9.17) is 0 Å². The van der Waals surface area contributed by atoms with Gasteiger partial charge < -0.3 is 10.2 Å². The molecule has 2 heteroatoms. The fraction of sp³-hybridized carbons (Fsp3) is 0.786. The van der Waals surface area contributed by atoms with Crippen LogP contribution in [0.5, 0.6) is 0 Å². The van der Waals surface area contributed by atoms with E-state index in [0.29, 0.717) is 11.5 Å². The lowest BCUT2D eigenvalue weighted by atomic mass is 9.66. The van der Waals surface area contributed by atoms with Gasteiger partial charge in [0.2, 0.25) is 0 Å². The molecule has 0 radical (unpaired) electrons. The van der Waals surface area contributed by atoms with Crippen LogP contribution in [-0.2, 0) is 5.41 Å². The summed E-state index contributed by atoms with van der Waals surface area (Å²) in [5, 5.41) is 4.10. The van der Waals surface area contributed by atoms with Crippen LogP contribution in [0.1, 0.15) is 107 Å². The molecule has 1 aromatic rings. The molecule has 2 heterocycles. The zero-order valence-corrected chi connectivity index (χ0v) is 19.2. The van der Waals surface area contributed by atoms with Crippen LogP contribution in [-0.4, -0.2) is 31.1 Å². The van der Waals surface area contributed by atoms with Gasteiger partial charge in [0.15, 0.2) is 0 Å². The number of hydrogen-bond acceptors (Lipinski definition) is 2. The summed E-state index contributed by atoms with van der Waals surface area (Å²) in [6, 6.07) is 10.2. The van der Waals surface area contributed by atoms with Crippen molar-refractivity contribution >= 4 is 0 Å². The molecule has 1 aromatic carbocycles. The Morgan fingerprint density at radius 2 is 1.43 bits per heavy atom. The van der Waals surface area contributed by atoms with E-state index in [1.807, 2.05) is 0 Å². The highest BCUT2D eigenvalue weighted by Gasteiger charge is 2.43. The van der Waals surface area contributed by atoms with Gasteiger partial charge in [0.05, 0.1) is 0 Å². The monoisotopic (exact) mass is 408 g/mol. The van der Waals surface area contributed by atoms with Crippen molar-refractivity contribution in [2.45, 2.75) is 101 Å². The molecular weight excluding hydrogens is 364 g/mol. The first-order valence-corrected chi connectivity index (χ1v) is 13.4. The van der Waals surface area contributed by atoms with Gasteiger partial charge in [0.1, 0.15) is 0 Å². The minimum Gasteiger partial charge on any atom is -0.309 e. The number of nitrogens with zero attached hydrogens (tertiary/aromatic N) is 1. The summed E-state index contributed by atoms with van der Waals surface area (Å²) in [6.07, 6.45) is 20.2. The van der Waals surface area contributed by atoms with Gasteiger partial charge in [-0.3, -0.25) is 0 Å². The van der Waals surface area contributed by atoms with Crippen molar-refractivity contribution in [3.05, 3.63) is 35.4 Å². The van der Waals surface area contributed by atoms with E-state index in [1.165, 1.54) is 116 Å². The molecule has 1 atom stereocenters. The maximum Gasteiger partial charge on any atom is 0.0351 e. The van der Waals surface area contributed by atoms with E-state index in [9.17, 15) is 0 Å². The molecule has 166 valence electrons. The van der Waals surface area contributed by atoms with Crippen LogP contribution in [0.4, 0.5) is 0 Å². The first-order valence-electron chi connectivity index (χ1n) is 13.4. The standard InChI is InChI=1S/C28H44N2/c1-2-5-11-23(12-6-3-1)21-30-19-17-28(18-20-30)22-29-27(24-13-7-4-8-14-24)25-15-9-10-16-26(25)28/h9-10,15-16,23-24,27,29H,1-8,11-14,17-22H2. The molecule has 1 unspecified atom stereocenters. The molecule has 2 nitrogen and oxygen atoms in total. The average Bonchev–Trinajstić information content (AvgIpc) is 2.78. The van der Waals surface area contributed by atoms with E-state index in [0.717, 1.165) is 11.8 Å². The highest BCUT2D eigenvalue weighted by molar-refractivity contribution is 5.40. The molecule has 2 aliphatic heterocycles. The molecule has 1 spiro atoms. The number of hydrogen-bond donors (Lipinski definition) is 1. The van der Waals surface area contributed by atoms with Gasteiger partial charge in [-0.25, -0.2) is 0 Å². The van der Waals surface area contributed by atoms with Gasteiger partial charge >= 0.3 is 0 Å². The molecule has 2 saturated carbocycles. The van der Waals surface area contributed by atoms with Crippen LogP contribution >= 0.6 is 0 Å². The first-order chi connectivity index (χ1) is 14.8. The number of benzene rings is 1. The lowest BCUT2D eigenvalue weighted by Gasteiger charge is -2.49. The highest BCUT2D eigenvalue weighted by Crippen LogP contribution is 2.46. The summed E-state index contributed by atoms with van der Waals surface area (Å²) < 4.78 is 0. The Hall–Kier alpha value is -0.860. The van der Waals surface area contributed by atoms with E-state index >= 15 is 0 Å². The third-order valence-corrected chi connectivity index (χ3v) is 9.20. The molecule has 2 aliphatic carbocycles. The Morgan fingerprint density at radius 3 is 2.20 bits per heavy atom. The SMILES string of the molecule is c1ccc2c(c1)C(C1CCCCC1)NCC21CCN(CC2CCCCCCC2)CC1. The Morgan fingerprint density at radius 1 is 0.800 bits per heavy atom. The summed E-state index contributed by atoms with van der Waals surface area (Å²) in [7, 11) is 0. The second kappa shape index (κ2) is 9.74. The molecule has 0 amide bonds. The van der Waals surface area contributed by atoms with Crippen molar-refractivity contribution in [1.29, 1.82) is 0 Å². The van der Waals surface area contributed by atoms with Gasteiger partial charge in [-0.1, -0.05) is 75.6 Å². The molecule has 3 fully saturated rings. The van der Waals surface area contributed by atoms with Gasteiger partial charge in [-0.2, -0.15) is 0 Å². The highest BCUT2D eigenvalue weighted by atomic mass is 15.1. The maximum atomic E-state index is 4.10. The van der Waals surface area contributed by atoms with Crippen molar-refractivity contribution in [3.63, 3.8) is 0 Å². The Kier molecular flexibility index (Phi) is 6.82. The van der Waals surface area contributed by atoms with Crippen LogP contribution in [0.3, 0.4) is 0 Å². The number of likely N-dealkylation sites (tertiary alicyclic amines) is 1. The molecule has 30 heavy (non-hydrogen) atoms. The molecule has 1 saturated heterocycles. The maximum absolute atomic E-state index is 4.10. The fourth-order valence-corrected chi connectivity index (χ4v) is 7.35. The number of piperidine rings is 1. The fourth-order valence-electron chi connectivity index (χ4n) is 7.35. The van der Waals surface area contributed by atoms with E-state index < -0.39 is 0 Å². The zero-order chi connectivity index (χ0) is 20.2. The van der Waals surface area contributed by atoms with Crippen molar-refractivity contribution in [3.8, 4) is 0 Å². The summed E-state index contributed by atoms with van der Waals surface area (Å²) >= 11 is 0. The third kappa shape index (κ3) is 4.51. The van der Waals surface area contributed by atoms with Gasteiger partial charge in [0, 0.05) is 24.5 Å². The zero-order valence-electron chi connectivity index (χ0n) is 19.2.